The van der Waals surface area contributed by atoms with E-state index in [4.69, 9.17) is 0 Å². The Morgan fingerprint density at radius 3 is 2.57 bits per heavy atom. The fraction of sp³-hybridized carbons (Fsp3) is 0.591. The number of nitrogens with one attached hydrogen (secondary N) is 3. The van der Waals surface area contributed by atoms with Gasteiger partial charge in [-0.05, 0) is 43.5 Å². The van der Waals surface area contributed by atoms with E-state index in [1.165, 1.54) is 13.0 Å². The number of benzene rings is 1. The number of amides is 2. The average molecular weight is 415 g/mol. The number of hydrogen-bond acceptors (Lipinski definition) is 4. The summed E-state index contributed by atoms with van der Waals surface area (Å²) in [6.07, 6.45) is 3.47. The molecule has 3 rings (SSSR count). The van der Waals surface area contributed by atoms with Crippen molar-refractivity contribution in [1.82, 2.24) is 25.8 Å². The number of carbonyl (C=O) groups excluding carboxylic acids is 2. The Morgan fingerprint density at radius 1 is 1.20 bits per heavy atom. The maximum absolute atomic E-state index is 12.6. The Bertz CT molecular complexity index is 740. The molecule has 0 aromatic heterocycles. The zero-order valence-corrected chi connectivity index (χ0v) is 18.1. The van der Waals surface area contributed by atoms with Gasteiger partial charge in [-0.15, -0.1) is 0 Å². The molecule has 2 saturated heterocycles. The van der Waals surface area contributed by atoms with Crippen LogP contribution >= 0.6 is 0 Å². The molecule has 30 heavy (non-hydrogen) atoms. The number of aliphatic imine (C=N–C) groups is 1. The van der Waals surface area contributed by atoms with Crippen molar-refractivity contribution in [2.75, 3.05) is 46.3 Å². The van der Waals surface area contributed by atoms with Gasteiger partial charge in [0.1, 0.15) is 0 Å². The molecule has 8 nitrogen and oxygen atoms in total. The van der Waals surface area contributed by atoms with Crippen molar-refractivity contribution in [2.24, 2.45) is 4.99 Å². The van der Waals surface area contributed by atoms with Crippen LogP contribution in [0.2, 0.25) is 0 Å². The third kappa shape index (κ3) is 6.19. The molecule has 1 aromatic rings. The lowest BCUT2D eigenvalue weighted by atomic mass is 10.1. The van der Waals surface area contributed by atoms with Crippen LogP contribution in [0.25, 0.3) is 0 Å². The van der Waals surface area contributed by atoms with Crippen molar-refractivity contribution in [3.63, 3.8) is 0 Å². The van der Waals surface area contributed by atoms with Crippen LogP contribution in [0.5, 0.6) is 0 Å². The van der Waals surface area contributed by atoms with E-state index in [1.807, 2.05) is 24.3 Å². The number of carbonyl (C=O) groups is 2. The predicted octanol–water partition coefficient (Wildman–Crippen LogP) is 0.798. The average Bonchev–Trinajstić information content (AvgIpc) is 2.78. The summed E-state index contributed by atoms with van der Waals surface area (Å²) in [5.74, 6) is 0.602. The molecule has 0 unspecified atom stereocenters. The highest BCUT2D eigenvalue weighted by molar-refractivity contribution is 5.97. The van der Waals surface area contributed by atoms with Crippen LogP contribution < -0.4 is 16.0 Å². The quantitative estimate of drug-likeness (QED) is 0.473. The molecule has 2 heterocycles. The van der Waals surface area contributed by atoms with E-state index >= 15 is 0 Å². The number of piperidine rings is 1. The van der Waals surface area contributed by atoms with Gasteiger partial charge in [-0.1, -0.05) is 19.1 Å². The first-order valence-electron chi connectivity index (χ1n) is 10.9. The minimum Gasteiger partial charge on any atom is -0.354 e. The summed E-state index contributed by atoms with van der Waals surface area (Å²) in [4.78, 5) is 32.5. The van der Waals surface area contributed by atoms with Crippen LogP contribution in [0.15, 0.2) is 29.3 Å². The van der Waals surface area contributed by atoms with E-state index in [0.29, 0.717) is 31.2 Å². The Balaban J connectivity index is 1.45. The van der Waals surface area contributed by atoms with Crippen molar-refractivity contribution in [2.45, 2.75) is 38.8 Å². The lowest BCUT2D eigenvalue weighted by molar-refractivity contribution is -0.123. The first-order valence-corrected chi connectivity index (χ1v) is 10.9. The number of nitrogens with zero attached hydrogens (tertiary/aromatic N) is 3. The lowest BCUT2D eigenvalue weighted by Crippen LogP contribution is -2.49. The van der Waals surface area contributed by atoms with Gasteiger partial charge < -0.3 is 25.8 Å². The molecule has 0 atom stereocenters. The number of guanidine groups is 1. The molecule has 0 radical (unpaired) electrons. The maximum atomic E-state index is 12.6. The minimum absolute atomic E-state index is 0.101. The van der Waals surface area contributed by atoms with Crippen LogP contribution in [-0.4, -0.2) is 79.9 Å². The van der Waals surface area contributed by atoms with Gasteiger partial charge in [0.15, 0.2) is 5.96 Å². The van der Waals surface area contributed by atoms with Gasteiger partial charge >= 0.3 is 0 Å². The van der Waals surface area contributed by atoms with E-state index in [9.17, 15) is 9.59 Å². The van der Waals surface area contributed by atoms with Gasteiger partial charge in [-0.3, -0.25) is 14.6 Å². The monoisotopic (exact) mass is 414 g/mol. The summed E-state index contributed by atoms with van der Waals surface area (Å²) < 4.78 is 0. The molecule has 0 bridgehead atoms. The molecule has 2 aliphatic heterocycles. The van der Waals surface area contributed by atoms with Crippen molar-refractivity contribution in [1.29, 1.82) is 0 Å². The Labute approximate surface area is 179 Å². The third-order valence-corrected chi connectivity index (χ3v) is 5.68. The van der Waals surface area contributed by atoms with Gasteiger partial charge in [-0.2, -0.15) is 0 Å². The summed E-state index contributed by atoms with van der Waals surface area (Å²) in [7, 11) is 1.79. The zero-order valence-electron chi connectivity index (χ0n) is 18.1. The summed E-state index contributed by atoms with van der Waals surface area (Å²) in [6, 6.07) is 7.99. The normalized spacial score (nSPS) is 18.8. The van der Waals surface area contributed by atoms with Crippen LogP contribution in [0.4, 0.5) is 0 Å². The molecule has 164 valence electrons. The smallest absolute Gasteiger partial charge is 0.254 e. The molecular formula is C22H34N6O2. The number of rotatable bonds is 6. The Kier molecular flexibility index (Phi) is 8.07. The van der Waals surface area contributed by atoms with Gasteiger partial charge in [-0.25, -0.2) is 0 Å². The number of likely N-dealkylation sites (tertiary alicyclic amines) is 1. The summed E-state index contributed by atoms with van der Waals surface area (Å²) in [5.41, 5.74) is 1.68. The highest BCUT2D eigenvalue weighted by atomic mass is 16.2. The number of hydrogen-bond donors (Lipinski definition) is 3. The molecule has 0 saturated carbocycles. The summed E-state index contributed by atoms with van der Waals surface area (Å²) >= 11 is 0. The van der Waals surface area contributed by atoms with Crippen molar-refractivity contribution < 1.29 is 9.59 Å². The molecule has 0 aliphatic carbocycles. The van der Waals surface area contributed by atoms with Gasteiger partial charge in [0, 0.05) is 51.4 Å². The number of piperazine rings is 1. The first-order chi connectivity index (χ1) is 14.6. The standard InChI is InChI=1S/C22H34N6O2/c1-3-11-27-12-8-19(9-13-27)26-22(23-2)25-15-17-4-6-18(7-5-17)21(30)28-14-10-24-20(29)16-28/h4-7,19H,3,8-16H2,1-2H3,(H,24,29)(H2,23,25,26). The Morgan fingerprint density at radius 2 is 1.93 bits per heavy atom. The fourth-order valence-electron chi connectivity index (χ4n) is 3.95. The predicted molar refractivity (Wildman–Crippen MR) is 118 cm³/mol. The highest BCUT2D eigenvalue weighted by Gasteiger charge is 2.22. The fourth-order valence-corrected chi connectivity index (χ4v) is 3.95. The molecule has 3 N–H and O–H groups in total. The van der Waals surface area contributed by atoms with E-state index in [-0.39, 0.29) is 18.4 Å². The molecule has 2 amide bonds. The van der Waals surface area contributed by atoms with Crippen LogP contribution in [0, 0.1) is 0 Å². The minimum atomic E-state index is -0.106. The second-order valence-electron chi connectivity index (χ2n) is 7.96. The van der Waals surface area contributed by atoms with Crippen molar-refractivity contribution >= 4 is 17.8 Å². The summed E-state index contributed by atoms with van der Waals surface area (Å²) in [5, 5.41) is 9.63. The summed E-state index contributed by atoms with van der Waals surface area (Å²) in [6.45, 7) is 7.50. The molecule has 2 fully saturated rings. The Hall–Kier alpha value is -2.61. The topological polar surface area (TPSA) is 89.1 Å². The molecule has 0 spiro atoms. The van der Waals surface area contributed by atoms with Gasteiger partial charge in [0.25, 0.3) is 5.91 Å². The third-order valence-electron chi connectivity index (χ3n) is 5.68. The molecular weight excluding hydrogens is 380 g/mol. The van der Waals surface area contributed by atoms with Gasteiger partial charge in [0.05, 0.1) is 6.54 Å². The highest BCUT2D eigenvalue weighted by Crippen LogP contribution is 2.11. The largest absolute Gasteiger partial charge is 0.354 e. The van der Waals surface area contributed by atoms with Crippen molar-refractivity contribution in [3.05, 3.63) is 35.4 Å². The molecule has 2 aliphatic rings. The van der Waals surface area contributed by atoms with E-state index in [0.717, 1.165) is 37.5 Å². The van der Waals surface area contributed by atoms with Crippen molar-refractivity contribution in [3.8, 4) is 0 Å². The van der Waals surface area contributed by atoms with E-state index < -0.39 is 0 Å². The SMILES string of the molecule is CCCN1CCC(NC(=NC)NCc2ccc(C(=O)N3CCNC(=O)C3)cc2)CC1. The van der Waals surface area contributed by atoms with E-state index in [1.54, 1.807) is 11.9 Å². The molecule has 8 heteroatoms. The maximum Gasteiger partial charge on any atom is 0.254 e. The van der Waals surface area contributed by atoms with Gasteiger partial charge in [0.2, 0.25) is 5.91 Å². The second kappa shape index (κ2) is 11.0. The molecule has 1 aromatic carbocycles. The first kappa shape index (κ1) is 22.1. The van der Waals surface area contributed by atoms with Crippen LogP contribution in [-0.2, 0) is 11.3 Å². The lowest BCUT2D eigenvalue weighted by Gasteiger charge is -2.32. The zero-order chi connectivity index (χ0) is 21.3. The second-order valence-corrected chi connectivity index (χ2v) is 7.96. The van der Waals surface area contributed by atoms with E-state index in [2.05, 4.69) is 32.8 Å². The van der Waals surface area contributed by atoms with Crippen LogP contribution in [0.3, 0.4) is 0 Å². The van der Waals surface area contributed by atoms with Crippen LogP contribution in [0.1, 0.15) is 42.1 Å².